The number of thiocarbonyl (C=S) groups is 1. The Morgan fingerprint density at radius 2 is 2.04 bits per heavy atom. The molecule has 3 rings (SSSR count). The van der Waals surface area contributed by atoms with Crippen LogP contribution in [-0.4, -0.2) is 46.8 Å². The van der Waals surface area contributed by atoms with E-state index in [0.29, 0.717) is 18.1 Å². The Kier molecular flexibility index (Phi) is 5.82. The van der Waals surface area contributed by atoms with Crippen LogP contribution in [-0.2, 0) is 16.4 Å². The summed E-state index contributed by atoms with van der Waals surface area (Å²) in [6.45, 7) is 8.71. The normalized spacial score (nSPS) is 18.2. The molecule has 1 saturated heterocycles. The lowest BCUT2D eigenvalue weighted by atomic mass is 10.1. The lowest BCUT2D eigenvalue weighted by Gasteiger charge is -2.22. The van der Waals surface area contributed by atoms with Gasteiger partial charge in [0.1, 0.15) is 0 Å². The van der Waals surface area contributed by atoms with E-state index in [-0.39, 0.29) is 17.5 Å². The molecule has 2 heterocycles. The smallest absolute Gasteiger partial charge is 0.173 e. The van der Waals surface area contributed by atoms with E-state index in [4.69, 9.17) is 12.2 Å². The molecule has 1 aromatic carbocycles. The van der Waals surface area contributed by atoms with Gasteiger partial charge in [0, 0.05) is 30.5 Å². The second kappa shape index (κ2) is 7.83. The summed E-state index contributed by atoms with van der Waals surface area (Å²) < 4.78 is 25.6. The first-order valence-corrected chi connectivity index (χ1v) is 11.6. The molecule has 1 fully saturated rings. The standard InChI is InChI=1S/C20H28N4O2S2/c1-13-6-7-14(2)19(10-13)21-20(27)23(5)11-18-15(3)22-24(16(18)4)17-8-9-28(25,26)12-17/h6-7,10,17H,8-9,11-12H2,1-5H3,(H,21,27)/t17-/m1/s1. The van der Waals surface area contributed by atoms with E-state index >= 15 is 0 Å². The zero-order valence-electron chi connectivity index (χ0n) is 17.1. The van der Waals surface area contributed by atoms with Crippen LogP contribution in [0.3, 0.4) is 0 Å². The lowest BCUT2D eigenvalue weighted by Crippen LogP contribution is -2.31. The molecule has 6 nitrogen and oxygen atoms in total. The zero-order valence-corrected chi connectivity index (χ0v) is 18.7. The lowest BCUT2D eigenvalue weighted by molar-refractivity contribution is 0.479. The average Bonchev–Trinajstić information content (AvgIpc) is 3.11. The minimum atomic E-state index is -2.94. The second-order valence-electron chi connectivity index (χ2n) is 7.76. The molecule has 152 valence electrons. The minimum Gasteiger partial charge on any atom is -0.348 e. The van der Waals surface area contributed by atoms with Crippen LogP contribution in [0.1, 0.15) is 40.5 Å². The molecule has 28 heavy (non-hydrogen) atoms. The Balaban J connectivity index is 1.74. The van der Waals surface area contributed by atoms with Crippen molar-refractivity contribution in [1.82, 2.24) is 14.7 Å². The molecule has 0 radical (unpaired) electrons. The first-order chi connectivity index (χ1) is 13.1. The molecule has 0 spiro atoms. The van der Waals surface area contributed by atoms with Crippen molar-refractivity contribution in [1.29, 1.82) is 0 Å². The van der Waals surface area contributed by atoms with Gasteiger partial charge in [0.25, 0.3) is 0 Å². The summed E-state index contributed by atoms with van der Waals surface area (Å²) in [5.74, 6) is 0.423. The number of hydrogen-bond acceptors (Lipinski definition) is 4. The van der Waals surface area contributed by atoms with Crippen LogP contribution >= 0.6 is 12.2 Å². The fourth-order valence-corrected chi connectivity index (χ4v) is 5.51. The van der Waals surface area contributed by atoms with Gasteiger partial charge in [-0.3, -0.25) is 4.68 Å². The number of nitrogens with zero attached hydrogens (tertiary/aromatic N) is 3. The SMILES string of the molecule is Cc1ccc(C)c(NC(=S)N(C)Cc2c(C)nn([C@@H]3CCS(=O)(=O)C3)c2C)c1. The predicted molar refractivity (Wildman–Crippen MR) is 118 cm³/mol. The number of benzene rings is 1. The van der Waals surface area contributed by atoms with Crippen molar-refractivity contribution in [2.75, 3.05) is 23.9 Å². The first-order valence-electron chi connectivity index (χ1n) is 9.42. The van der Waals surface area contributed by atoms with E-state index in [1.165, 1.54) is 5.56 Å². The Labute approximate surface area is 172 Å². The Morgan fingerprint density at radius 1 is 1.32 bits per heavy atom. The number of aryl methyl sites for hydroxylation is 3. The summed E-state index contributed by atoms with van der Waals surface area (Å²) >= 11 is 5.60. The molecule has 8 heteroatoms. The van der Waals surface area contributed by atoms with Crippen LogP contribution in [0.15, 0.2) is 18.2 Å². The Bertz CT molecular complexity index is 1010. The van der Waals surface area contributed by atoms with Crippen molar-refractivity contribution in [3.63, 3.8) is 0 Å². The number of anilines is 1. The molecule has 1 aromatic heterocycles. The van der Waals surface area contributed by atoms with Crippen LogP contribution in [0, 0.1) is 27.7 Å². The predicted octanol–water partition coefficient (Wildman–Crippen LogP) is 3.31. The van der Waals surface area contributed by atoms with Crippen molar-refractivity contribution in [2.24, 2.45) is 0 Å². The molecule has 0 unspecified atom stereocenters. The van der Waals surface area contributed by atoms with Gasteiger partial charge in [-0.05, 0) is 63.5 Å². The highest BCUT2D eigenvalue weighted by Gasteiger charge is 2.31. The van der Waals surface area contributed by atoms with E-state index in [1.807, 2.05) is 30.5 Å². The van der Waals surface area contributed by atoms with Gasteiger partial charge in [-0.15, -0.1) is 0 Å². The quantitative estimate of drug-likeness (QED) is 0.766. The summed E-state index contributed by atoms with van der Waals surface area (Å²) in [5.41, 5.74) is 6.36. The van der Waals surface area contributed by atoms with Gasteiger partial charge in [0.15, 0.2) is 14.9 Å². The molecule has 1 N–H and O–H groups in total. The van der Waals surface area contributed by atoms with Crippen molar-refractivity contribution in [3.8, 4) is 0 Å². The van der Waals surface area contributed by atoms with Crippen molar-refractivity contribution < 1.29 is 8.42 Å². The van der Waals surface area contributed by atoms with Gasteiger partial charge < -0.3 is 10.2 Å². The van der Waals surface area contributed by atoms with Crippen LogP contribution in [0.25, 0.3) is 0 Å². The van der Waals surface area contributed by atoms with Crippen LogP contribution in [0.4, 0.5) is 5.69 Å². The summed E-state index contributed by atoms with van der Waals surface area (Å²) in [7, 11) is -0.990. The fraction of sp³-hybridized carbons (Fsp3) is 0.500. The third-order valence-corrected chi connectivity index (χ3v) is 7.57. The molecule has 0 saturated carbocycles. The monoisotopic (exact) mass is 420 g/mol. The molecule has 2 aromatic rings. The molecule has 1 atom stereocenters. The number of hydrogen-bond donors (Lipinski definition) is 1. The van der Waals surface area contributed by atoms with Crippen LogP contribution in [0.2, 0.25) is 0 Å². The highest BCUT2D eigenvalue weighted by atomic mass is 32.2. The first kappa shape index (κ1) is 20.8. The van der Waals surface area contributed by atoms with Crippen LogP contribution in [0.5, 0.6) is 0 Å². The maximum absolute atomic E-state index is 11.8. The number of nitrogens with one attached hydrogen (secondary N) is 1. The fourth-order valence-electron chi connectivity index (χ4n) is 3.64. The Hall–Kier alpha value is -1.93. The Morgan fingerprint density at radius 3 is 2.68 bits per heavy atom. The van der Waals surface area contributed by atoms with E-state index in [0.717, 1.165) is 28.2 Å². The number of aromatic nitrogens is 2. The summed E-state index contributed by atoms with van der Waals surface area (Å²) in [6.07, 6.45) is 0.631. The van der Waals surface area contributed by atoms with Crippen LogP contribution < -0.4 is 5.32 Å². The van der Waals surface area contributed by atoms with Gasteiger partial charge in [-0.2, -0.15) is 5.10 Å². The number of sulfone groups is 1. The highest BCUT2D eigenvalue weighted by Crippen LogP contribution is 2.27. The molecule has 0 amide bonds. The van der Waals surface area contributed by atoms with E-state index < -0.39 is 9.84 Å². The van der Waals surface area contributed by atoms with E-state index in [9.17, 15) is 8.42 Å². The van der Waals surface area contributed by atoms with Crippen molar-refractivity contribution in [3.05, 3.63) is 46.3 Å². The summed E-state index contributed by atoms with van der Waals surface area (Å²) in [5, 5.41) is 8.62. The molecular weight excluding hydrogens is 392 g/mol. The highest BCUT2D eigenvalue weighted by molar-refractivity contribution is 7.91. The van der Waals surface area contributed by atoms with Gasteiger partial charge >= 0.3 is 0 Å². The molecule has 0 aliphatic carbocycles. The topological polar surface area (TPSA) is 67.2 Å². The van der Waals surface area contributed by atoms with E-state index in [2.05, 4.69) is 42.5 Å². The summed E-state index contributed by atoms with van der Waals surface area (Å²) in [4.78, 5) is 1.99. The molecular formula is C20H28N4O2S2. The van der Waals surface area contributed by atoms with Gasteiger partial charge in [0.2, 0.25) is 0 Å². The third-order valence-electron chi connectivity index (χ3n) is 5.41. The summed E-state index contributed by atoms with van der Waals surface area (Å²) in [6, 6.07) is 6.18. The second-order valence-corrected chi connectivity index (χ2v) is 10.4. The van der Waals surface area contributed by atoms with Crippen molar-refractivity contribution in [2.45, 2.75) is 46.7 Å². The largest absolute Gasteiger partial charge is 0.348 e. The maximum Gasteiger partial charge on any atom is 0.173 e. The third kappa shape index (κ3) is 4.38. The maximum atomic E-state index is 11.8. The molecule has 1 aliphatic heterocycles. The van der Waals surface area contributed by atoms with Gasteiger partial charge in [-0.25, -0.2) is 8.42 Å². The van der Waals surface area contributed by atoms with E-state index in [1.54, 1.807) is 0 Å². The number of rotatable bonds is 4. The average molecular weight is 421 g/mol. The molecule has 0 bridgehead atoms. The molecule has 1 aliphatic rings. The zero-order chi connectivity index (χ0) is 20.6. The van der Waals surface area contributed by atoms with Crippen molar-refractivity contribution >= 4 is 32.9 Å². The van der Waals surface area contributed by atoms with Gasteiger partial charge in [0.05, 0.1) is 23.2 Å². The minimum absolute atomic E-state index is 0.0669. The van der Waals surface area contributed by atoms with Gasteiger partial charge in [-0.1, -0.05) is 12.1 Å².